The Bertz CT molecular complexity index is 788. The zero-order valence-electron chi connectivity index (χ0n) is 21.4. The SMILES string of the molecule is CO[C@H]1CC[C@@]2(C)[C@@H](CC[C@@H]3[C@@H]2CC[C@]2(C)[C@@H]4[C@H](C[C@@H]32)O[C@]2(O[C@](C)(CO)C[C@@H]2O)[C@H]4C)C1. The van der Waals surface area contributed by atoms with Crippen LogP contribution >= 0.6 is 0 Å². The molecule has 6 rings (SSSR count). The molecule has 4 aliphatic carbocycles. The van der Waals surface area contributed by atoms with Crippen molar-refractivity contribution in [1.82, 2.24) is 0 Å². The number of hydrogen-bond donors (Lipinski definition) is 2. The first-order valence-electron chi connectivity index (χ1n) is 13.8. The van der Waals surface area contributed by atoms with Crippen LogP contribution in [-0.2, 0) is 14.2 Å². The highest BCUT2D eigenvalue weighted by Crippen LogP contribution is 2.71. The summed E-state index contributed by atoms with van der Waals surface area (Å²) in [7, 11) is 1.89. The van der Waals surface area contributed by atoms with Crippen LogP contribution < -0.4 is 0 Å². The fraction of sp³-hybridized carbons (Fsp3) is 1.00. The molecular formula is C28H46O5. The first kappa shape index (κ1) is 23.2. The van der Waals surface area contributed by atoms with Crippen molar-refractivity contribution in [2.45, 2.75) is 115 Å². The lowest BCUT2D eigenvalue weighted by Gasteiger charge is -2.61. The van der Waals surface area contributed by atoms with Gasteiger partial charge in [-0.2, -0.15) is 0 Å². The minimum absolute atomic E-state index is 0.0788. The van der Waals surface area contributed by atoms with Crippen molar-refractivity contribution >= 4 is 0 Å². The number of aliphatic hydroxyl groups is 2. The van der Waals surface area contributed by atoms with E-state index in [9.17, 15) is 10.2 Å². The molecule has 2 N–H and O–H groups in total. The van der Waals surface area contributed by atoms with E-state index in [1.807, 2.05) is 14.0 Å². The van der Waals surface area contributed by atoms with Crippen molar-refractivity contribution in [3.63, 3.8) is 0 Å². The molecule has 0 bridgehead atoms. The first-order valence-corrected chi connectivity index (χ1v) is 13.8. The Kier molecular flexibility index (Phi) is 5.21. The molecule has 0 aromatic heterocycles. The van der Waals surface area contributed by atoms with Gasteiger partial charge in [0.05, 0.1) is 24.4 Å². The Balaban J connectivity index is 1.26. The van der Waals surface area contributed by atoms with E-state index in [2.05, 4.69) is 20.8 Å². The highest BCUT2D eigenvalue weighted by Gasteiger charge is 2.72. The molecule has 188 valence electrons. The predicted octanol–water partition coefficient (Wildman–Crippen LogP) is 4.53. The molecule has 0 radical (unpaired) electrons. The highest BCUT2D eigenvalue weighted by atomic mass is 16.7. The van der Waals surface area contributed by atoms with Gasteiger partial charge in [0, 0.05) is 19.4 Å². The molecule has 6 fully saturated rings. The molecule has 6 aliphatic rings. The maximum absolute atomic E-state index is 11.1. The molecule has 0 amide bonds. The van der Waals surface area contributed by atoms with Crippen LogP contribution in [0.4, 0.5) is 0 Å². The Morgan fingerprint density at radius 3 is 2.42 bits per heavy atom. The zero-order valence-corrected chi connectivity index (χ0v) is 21.4. The summed E-state index contributed by atoms with van der Waals surface area (Å²) in [6.45, 7) is 9.24. The molecule has 0 aromatic rings. The molecule has 4 saturated carbocycles. The van der Waals surface area contributed by atoms with E-state index >= 15 is 0 Å². The minimum Gasteiger partial charge on any atom is -0.393 e. The van der Waals surface area contributed by atoms with Gasteiger partial charge in [-0.1, -0.05) is 20.8 Å². The van der Waals surface area contributed by atoms with Gasteiger partial charge in [-0.25, -0.2) is 0 Å². The molecule has 33 heavy (non-hydrogen) atoms. The van der Waals surface area contributed by atoms with Crippen molar-refractivity contribution in [3.05, 3.63) is 0 Å². The molecule has 13 atom stereocenters. The van der Waals surface area contributed by atoms with Crippen LogP contribution in [0.25, 0.3) is 0 Å². The maximum Gasteiger partial charge on any atom is 0.198 e. The van der Waals surface area contributed by atoms with Gasteiger partial charge in [-0.3, -0.25) is 0 Å². The third-order valence-corrected chi connectivity index (χ3v) is 12.4. The lowest BCUT2D eigenvalue weighted by atomic mass is 9.44. The number of methoxy groups -OCH3 is 1. The summed E-state index contributed by atoms with van der Waals surface area (Å²) < 4.78 is 18.9. The smallest absolute Gasteiger partial charge is 0.198 e. The summed E-state index contributed by atoms with van der Waals surface area (Å²) in [5.74, 6) is 2.79. The number of ether oxygens (including phenoxy) is 3. The van der Waals surface area contributed by atoms with Gasteiger partial charge in [0.2, 0.25) is 0 Å². The zero-order chi connectivity index (χ0) is 23.4. The molecule has 1 spiro atoms. The molecular weight excluding hydrogens is 416 g/mol. The lowest BCUT2D eigenvalue weighted by molar-refractivity contribution is -0.285. The Morgan fingerprint density at radius 1 is 0.970 bits per heavy atom. The summed E-state index contributed by atoms with van der Waals surface area (Å²) in [4.78, 5) is 0. The normalized spacial score (nSPS) is 62.1. The third-order valence-electron chi connectivity index (χ3n) is 12.4. The third kappa shape index (κ3) is 2.95. The number of hydrogen-bond acceptors (Lipinski definition) is 5. The summed E-state index contributed by atoms with van der Waals surface area (Å²) in [6, 6.07) is 0. The second-order valence-electron chi connectivity index (χ2n) is 13.7. The second kappa shape index (κ2) is 7.41. The molecule has 5 nitrogen and oxygen atoms in total. The number of aliphatic hydroxyl groups excluding tert-OH is 2. The van der Waals surface area contributed by atoms with E-state index in [0.29, 0.717) is 29.8 Å². The van der Waals surface area contributed by atoms with Gasteiger partial charge < -0.3 is 24.4 Å². The van der Waals surface area contributed by atoms with Gasteiger partial charge in [0.25, 0.3) is 0 Å². The van der Waals surface area contributed by atoms with E-state index in [0.717, 1.165) is 24.2 Å². The summed E-state index contributed by atoms with van der Waals surface area (Å²) in [5.41, 5.74) is 0.0135. The standard InChI is InChI=1S/C28H46O5/c1-16-24-22(32-28(16)23(30)14-25(2,15-29)33-28)13-21-19-7-6-17-12-18(31-5)8-10-26(17,3)20(19)9-11-27(21,24)4/h16-24,29-30H,6-15H2,1-5H3/t16-,17-,18-,19+,20-,21-,22-,23-,24-,25-,26-,27-,28-/m0/s1. The molecule has 2 heterocycles. The van der Waals surface area contributed by atoms with Crippen molar-refractivity contribution in [2.24, 2.45) is 46.3 Å². The van der Waals surface area contributed by atoms with E-state index in [4.69, 9.17) is 14.2 Å². The van der Waals surface area contributed by atoms with Gasteiger partial charge in [-0.05, 0) is 98.7 Å². The number of fused-ring (bicyclic) bond motifs is 7. The van der Waals surface area contributed by atoms with Crippen LogP contribution in [0.15, 0.2) is 0 Å². The maximum atomic E-state index is 11.1. The van der Waals surface area contributed by atoms with E-state index in [1.165, 1.54) is 44.9 Å². The van der Waals surface area contributed by atoms with Crippen molar-refractivity contribution in [2.75, 3.05) is 13.7 Å². The van der Waals surface area contributed by atoms with Crippen molar-refractivity contribution in [1.29, 1.82) is 0 Å². The largest absolute Gasteiger partial charge is 0.393 e. The highest BCUT2D eigenvalue weighted by molar-refractivity contribution is 5.17. The van der Waals surface area contributed by atoms with Gasteiger partial charge >= 0.3 is 0 Å². The second-order valence-corrected chi connectivity index (χ2v) is 13.7. The Labute approximate surface area is 199 Å². The monoisotopic (exact) mass is 462 g/mol. The Hall–Kier alpha value is -0.200. The van der Waals surface area contributed by atoms with Crippen molar-refractivity contribution in [3.8, 4) is 0 Å². The fourth-order valence-electron chi connectivity index (χ4n) is 10.7. The van der Waals surface area contributed by atoms with E-state index < -0.39 is 17.5 Å². The average Bonchev–Trinajstić information content (AvgIpc) is 3.34. The molecule has 2 saturated heterocycles. The van der Waals surface area contributed by atoms with Crippen LogP contribution in [0.3, 0.4) is 0 Å². The van der Waals surface area contributed by atoms with Crippen LogP contribution in [0, 0.1) is 46.3 Å². The Morgan fingerprint density at radius 2 is 1.73 bits per heavy atom. The molecule has 5 heteroatoms. The minimum atomic E-state index is -0.945. The van der Waals surface area contributed by atoms with E-state index in [-0.39, 0.29) is 24.0 Å². The topological polar surface area (TPSA) is 68.2 Å². The van der Waals surface area contributed by atoms with Crippen LogP contribution in [-0.4, -0.2) is 53.6 Å². The molecule has 0 unspecified atom stereocenters. The quantitative estimate of drug-likeness (QED) is 0.631. The summed E-state index contributed by atoms with van der Waals surface area (Å²) in [5, 5.41) is 21.0. The van der Waals surface area contributed by atoms with E-state index in [1.54, 1.807) is 0 Å². The first-order chi connectivity index (χ1) is 15.6. The molecule has 0 aromatic carbocycles. The predicted molar refractivity (Wildman–Crippen MR) is 125 cm³/mol. The fourth-order valence-corrected chi connectivity index (χ4v) is 10.7. The van der Waals surface area contributed by atoms with Crippen molar-refractivity contribution < 1.29 is 24.4 Å². The number of rotatable bonds is 2. The summed E-state index contributed by atoms with van der Waals surface area (Å²) in [6.07, 6.45) is 10.7. The van der Waals surface area contributed by atoms with Gasteiger partial charge in [0.1, 0.15) is 6.10 Å². The van der Waals surface area contributed by atoms with Gasteiger partial charge in [0.15, 0.2) is 5.79 Å². The van der Waals surface area contributed by atoms with Crippen LogP contribution in [0.5, 0.6) is 0 Å². The lowest BCUT2D eigenvalue weighted by Crippen LogP contribution is -2.55. The average molecular weight is 463 g/mol. The molecule has 2 aliphatic heterocycles. The van der Waals surface area contributed by atoms with Gasteiger partial charge in [-0.15, -0.1) is 0 Å². The van der Waals surface area contributed by atoms with Crippen LogP contribution in [0.2, 0.25) is 0 Å². The van der Waals surface area contributed by atoms with Crippen LogP contribution in [0.1, 0.15) is 85.5 Å². The summed E-state index contributed by atoms with van der Waals surface area (Å²) >= 11 is 0.